The fourth-order valence-corrected chi connectivity index (χ4v) is 3.36. The van der Waals surface area contributed by atoms with Crippen LogP contribution in [-0.4, -0.2) is 0 Å². The van der Waals surface area contributed by atoms with Crippen molar-refractivity contribution in [3.8, 4) is 0 Å². The highest BCUT2D eigenvalue weighted by Gasteiger charge is 2.03. The summed E-state index contributed by atoms with van der Waals surface area (Å²) >= 11 is 0. The number of benzene rings is 1. The summed E-state index contributed by atoms with van der Waals surface area (Å²) in [6, 6.07) is 7.49. The number of hydrogen-bond acceptors (Lipinski definition) is 0. The molecule has 0 amide bonds. The Labute approximate surface area is 146 Å². The van der Waals surface area contributed by atoms with Gasteiger partial charge in [-0.15, -0.1) is 0 Å². The molecule has 0 spiro atoms. The Balaban J connectivity index is 2.57. The number of aryl methyl sites for hydroxylation is 3. The quantitative estimate of drug-likeness (QED) is 0.309. The van der Waals surface area contributed by atoms with Gasteiger partial charge >= 0.3 is 0 Å². The molecular formula is C23H40. The van der Waals surface area contributed by atoms with Crippen LogP contribution in [-0.2, 0) is 19.3 Å². The van der Waals surface area contributed by atoms with Gasteiger partial charge in [0, 0.05) is 0 Å². The first-order valence-corrected chi connectivity index (χ1v) is 10.4. The molecule has 0 N–H and O–H groups in total. The molecule has 0 radical (unpaired) electrons. The lowest BCUT2D eigenvalue weighted by atomic mass is 9.95. The van der Waals surface area contributed by atoms with Gasteiger partial charge in [-0.2, -0.15) is 0 Å². The molecular weight excluding hydrogens is 276 g/mol. The molecule has 0 aliphatic rings. The molecule has 0 bridgehead atoms. The van der Waals surface area contributed by atoms with Crippen LogP contribution < -0.4 is 0 Å². The van der Waals surface area contributed by atoms with Crippen molar-refractivity contribution in [2.24, 2.45) is 0 Å². The van der Waals surface area contributed by atoms with Crippen LogP contribution in [0.5, 0.6) is 0 Å². The lowest BCUT2D eigenvalue weighted by molar-refractivity contribution is 0.631. The maximum atomic E-state index is 2.50. The van der Waals surface area contributed by atoms with Gasteiger partial charge in [-0.05, 0) is 55.2 Å². The van der Waals surface area contributed by atoms with Crippen LogP contribution in [0.3, 0.4) is 0 Å². The minimum absolute atomic E-state index is 1.28. The molecule has 0 saturated carbocycles. The van der Waals surface area contributed by atoms with Crippen molar-refractivity contribution in [2.75, 3.05) is 0 Å². The van der Waals surface area contributed by atoms with Crippen molar-refractivity contribution in [1.82, 2.24) is 0 Å². The Morgan fingerprint density at radius 3 is 1.13 bits per heavy atom. The summed E-state index contributed by atoms with van der Waals surface area (Å²) in [5, 5.41) is 0. The highest BCUT2D eigenvalue weighted by atomic mass is 14.1. The molecule has 1 aromatic rings. The van der Waals surface area contributed by atoms with Gasteiger partial charge < -0.3 is 0 Å². The molecule has 0 heterocycles. The Bertz CT molecular complexity index is 363. The normalized spacial score (nSPS) is 11.1. The van der Waals surface area contributed by atoms with E-state index in [1.54, 1.807) is 16.7 Å². The first-order chi connectivity index (χ1) is 11.3. The Morgan fingerprint density at radius 1 is 0.435 bits per heavy atom. The summed E-state index contributed by atoms with van der Waals surface area (Å²) in [5.41, 5.74) is 4.79. The third-order valence-corrected chi connectivity index (χ3v) is 4.82. The standard InChI is InChI=1S/C23H40/c1-4-7-10-11-14-17-23-19-21(15-12-8-5-2)18-22(20-23)16-13-9-6-3/h18-20H,4-17H2,1-3H3. The summed E-state index contributed by atoms with van der Waals surface area (Å²) in [7, 11) is 0. The minimum Gasteiger partial charge on any atom is -0.0654 e. The third kappa shape index (κ3) is 9.84. The molecule has 0 saturated heterocycles. The van der Waals surface area contributed by atoms with Crippen molar-refractivity contribution in [2.45, 2.75) is 111 Å². The molecule has 0 fully saturated rings. The van der Waals surface area contributed by atoms with E-state index in [2.05, 4.69) is 39.0 Å². The monoisotopic (exact) mass is 316 g/mol. The SMILES string of the molecule is CCCCCCCc1cc(CCCCC)cc(CCCCC)c1. The summed E-state index contributed by atoms with van der Waals surface area (Å²) < 4.78 is 0. The van der Waals surface area contributed by atoms with E-state index in [0.717, 1.165) is 0 Å². The van der Waals surface area contributed by atoms with Gasteiger partial charge in [0.1, 0.15) is 0 Å². The molecule has 1 aromatic carbocycles. The topological polar surface area (TPSA) is 0 Å². The zero-order chi connectivity index (χ0) is 16.8. The minimum atomic E-state index is 1.28. The predicted molar refractivity (Wildman–Crippen MR) is 105 cm³/mol. The Hall–Kier alpha value is -0.780. The summed E-state index contributed by atoms with van der Waals surface area (Å²) in [5.74, 6) is 0. The van der Waals surface area contributed by atoms with E-state index in [0.29, 0.717) is 0 Å². The molecule has 0 aliphatic carbocycles. The molecule has 132 valence electrons. The lowest BCUT2D eigenvalue weighted by Gasteiger charge is -2.10. The first kappa shape index (κ1) is 20.3. The van der Waals surface area contributed by atoms with E-state index >= 15 is 0 Å². The van der Waals surface area contributed by atoms with E-state index in [4.69, 9.17) is 0 Å². The van der Waals surface area contributed by atoms with E-state index < -0.39 is 0 Å². The van der Waals surface area contributed by atoms with Crippen molar-refractivity contribution in [1.29, 1.82) is 0 Å². The van der Waals surface area contributed by atoms with Gasteiger partial charge in [-0.3, -0.25) is 0 Å². The van der Waals surface area contributed by atoms with Gasteiger partial charge in [0.25, 0.3) is 0 Å². The molecule has 0 nitrogen and oxygen atoms in total. The maximum Gasteiger partial charge on any atom is -0.0279 e. The molecule has 23 heavy (non-hydrogen) atoms. The molecule has 0 aromatic heterocycles. The molecule has 0 aliphatic heterocycles. The largest absolute Gasteiger partial charge is 0.0654 e. The predicted octanol–water partition coefficient (Wildman–Crippen LogP) is 7.66. The van der Waals surface area contributed by atoms with Crippen molar-refractivity contribution >= 4 is 0 Å². The van der Waals surface area contributed by atoms with Crippen LogP contribution in [0.25, 0.3) is 0 Å². The van der Waals surface area contributed by atoms with Gasteiger partial charge in [0.15, 0.2) is 0 Å². The Kier molecular flexibility index (Phi) is 12.0. The van der Waals surface area contributed by atoms with E-state index in [9.17, 15) is 0 Å². The second-order valence-corrected chi connectivity index (χ2v) is 7.24. The van der Waals surface area contributed by atoms with E-state index in [1.807, 2.05) is 0 Å². The number of unbranched alkanes of at least 4 members (excludes halogenated alkanes) is 8. The molecule has 0 heteroatoms. The first-order valence-electron chi connectivity index (χ1n) is 10.4. The smallest absolute Gasteiger partial charge is 0.0279 e. The molecule has 1 rings (SSSR count). The van der Waals surface area contributed by atoms with Gasteiger partial charge in [-0.1, -0.05) is 90.3 Å². The highest BCUT2D eigenvalue weighted by Crippen LogP contribution is 2.18. The van der Waals surface area contributed by atoms with E-state index in [-0.39, 0.29) is 0 Å². The second-order valence-electron chi connectivity index (χ2n) is 7.24. The van der Waals surface area contributed by atoms with Crippen molar-refractivity contribution in [3.63, 3.8) is 0 Å². The zero-order valence-electron chi connectivity index (χ0n) is 16.1. The molecule has 0 atom stereocenters. The summed E-state index contributed by atoms with van der Waals surface area (Å²) in [4.78, 5) is 0. The second kappa shape index (κ2) is 13.6. The van der Waals surface area contributed by atoms with Crippen LogP contribution in [0, 0.1) is 0 Å². The average molecular weight is 317 g/mol. The highest BCUT2D eigenvalue weighted by molar-refractivity contribution is 5.30. The lowest BCUT2D eigenvalue weighted by Crippen LogP contribution is -1.96. The van der Waals surface area contributed by atoms with Gasteiger partial charge in [0.05, 0.1) is 0 Å². The van der Waals surface area contributed by atoms with Crippen LogP contribution in [0.1, 0.15) is 108 Å². The zero-order valence-corrected chi connectivity index (χ0v) is 16.1. The Morgan fingerprint density at radius 2 is 0.739 bits per heavy atom. The third-order valence-electron chi connectivity index (χ3n) is 4.82. The van der Waals surface area contributed by atoms with Crippen LogP contribution in [0.2, 0.25) is 0 Å². The van der Waals surface area contributed by atoms with Gasteiger partial charge in [-0.25, -0.2) is 0 Å². The fourth-order valence-electron chi connectivity index (χ4n) is 3.36. The van der Waals surface area contributed by atoms with Crippen LogP contribution in [0.15, 0.2) is 18.2 Å². The number of rotatable bonds is 14. The van der Waals surface area contributed by atoms with E-state index in [1.165, 1.54) is 89.9 Å². The molecule has 0 unspecified atom stereocenters. The van der Waals surface area contributed by atoms with Crippen LogP contribution >= 0.6 is 0 Å². The maximum absolute atomic E-state index is 2.50. The summed E-state index contributed by atoms with van der Waals surface area (Å²) in [6.45, 7) is 6.88. The fraction of sp³-hybridized carbons (Fsp3) is 0.739. The van der Waals surface area contributed by atoms with Crippen LogP contribution in [0.4, 0.5) is 0 Å². The van der Waals surface area contributed by atoms with Gasteiger partial charge in [0.2, 0.25) is 0 Å². The average Bonchev–Trinajstić information content (AvgIpc) is 2.55. The summed E-state index contributed by atoms with van der Waals surface area (Å²) in [6.07, 6.45) is 18.8. The number of hydrogen-bond donors (Lipinski definition) is 0. The van der Waals surface area contributed by atoms with Crippen molar-refractivity contribution in [3.05, 3.63) is 34.9 Å². The van der Waals surface area contributed by atoms with Crippen molar-refractivity contribution < 1.29 is 0 Å².